The molecule has 0 spiro atoms. The molecule has 1 aliphatic heterocycles. The summed E-state index contributed by atoms with van der Waals surface area (Å²) in [5.41, 5.74) is 1.77. The van der Waals surface area contributed by atoms with Crippen molar-refractivity contribution in [3.8, 4) is 6.07 Å². The number of hydrogen-bond donors (Lipinski definition) is 3. The lowest BCUT2D eigenvalue weighted by Crippen LogP contribution is -2.60. The van der Waals surface area contributed by atoms with Crippen LogP contribution in [0.2, 0.25) is 5.02 Å². The van der Waals surface area contributed by atoms with Gasteiger partial charge in [0.2, 0.25) is 5.95 Å². The minimum Gasteiger partial charge on any atom is -0.383 e. The number of nitrogens with zero attached hydrogens (tertiary/aromatic N) is 4. The topological polar surface area (TPSA) is 98.1 Å². The summed E-state index contributed by atoms with van der Waals surface area (Å²) < 4.78 is 5.26. The Morgan fingerprint density at radius 3 is 2.63 bits per heavy atom. The molecule has 4 aliphatic carbocycles. The number of likely N-dealkylation sites (tertiary alicyclic amines) is 1. The molecular weight excluding hydrogens is 534 g/mol. The Morgan fingerprint density at radius 1 is 1.12 bits per heavy atom. The maximum atomic E-state index is 9.74. The first-order valence-corrected chi connectivity index (χ1v) is 15.8. The quantitative estimate of drug-likeness (QED) is 0.318. The van der Waals surface area contributed by atoms with E-state index >= 15 is 0 Å². The van der Waals surface area contributed by atoms with E-state index in [0.717, 1.165) is 48.9 Å². The molecule has 5 aliphatic rings. The van der Waals surface area contributed by atoms with E-state index in [2.05, 4.69) is 31.9 Å². The van der Waals surface area contributed by atoms with Crippen molar-refractivity contribution in [2.45, 2.75) is 57.5 Å². The number of piperidine rings is 1. The van der Waals surface area contributed by atoms with E-state index in [4.69, 9.17) is 21.3 Å². The van der Waals surface area contributed by atoms with Crippen LogP contribution in [0.1, 0.15) is 56.1 Å². The second-order valence-electron chi connectivity index (χ2n) is 13.0. The largest absolute Gasteiger partial charge is 0.383 e. The summed E-state index contributed by atoms with van der Waals surface area (Å²) in [5.74, 6) is 4.30. The summed E-state index contributed by atoms with van der Waals surface area (Å²) >= 11 is 6.31. The number of anilines is 2. The number of ether oxygens (including phenoxy) is 1. The van der Waals surface area contributed by atoms with E-state index in [1.165, 1.54) is 64.6 Å². The van der Waals surface area contributed by atoms with E-state index in [-0.39, 0.29) is 0 Å². The van der Waals surface area contributed by atoms with Gasteiger partial charge < -0.3 is 25.6 Å². The van der Waals surface area contributed by atoms with Crippen molar-refractivity contribution in [3.05, 3.63) is 46.6 Å². The Labute approximate surface area is 249 Å². The molecule has 1 aromatic heterocycles. The number of rotatable bonds is 12. The SMILES string of the molecule is COCCN1CCC(CN[C@@H]2[C@@H]3CC4C[C@H]2C[C@@](CNc2nc(NCc5ccccc5Cl)ncc2C#N)(C4)C3)CC1. The lowest BCUT2D eigenvalue weighted by molar-refractivity contribution is -0.0704. The minimum atomic E-state index is 0.296. The van der Waals surface area contributed by atoms with E-state index in [0.29, 0.717) is 40.4 Å². The van der Waals surface area contributed by atoms with Gasteiger partial charge in [-0.25, -0.2) is 4.98 Å². The van der Waals surface area contributed by atoms with Gasteiger partial charge >= 0.3 is 0 Å². The van der Waals surface area contributed by atoms with Gasteiger partial charge in [-0.2, -0.15) is 10.2 Å². The highest BCUT2D eigenvalue weighted by Crippen LogP contribution is 2.60. The number of nitrogens with one attached hydrogen (secondary N) is 3. The van der Waals surface area contributed by atoms with Crippen molar-refractivity contribution in [1.29, 1.82) is 5.26 Å². The predicted molar refractivity (Wildman–Crippen MR) is 163 cm³/mol. The van der Waals surface area contributed by atoms with Crippen LogP contribution in [0.4, 0.5) is 11.8 Å². The molecule has 8 nitrogen and oxygen atoms in total. The van der Waals surface area contributed by atoms with Crippen LogP contribution in [0.3, 0.4) is 0 Å². The summed E-state index contributed by atoms with van der Waals surface area (Å²) in [6.07, 6.45) is 10.8. The number of benzene rings is 1. The molecule has 7 rings (SSSR count). The third kappa shape index (κ3) is 6.64. The van der Waals surface area contributed by atoms with Gasteiger partial charge in [-0.05, 0) is 105 Å². The molecule has 0 amide bonds. The molecule has 9 heteroatoms. The van der Waals surface area contributed by atoms with Gasteiger partial charge in [0.05, 0.1) is 12.8 Å². The van der Waals surface area contributed by atoms with Gasteiger partial charge in [0, 0.05) is 37.8 Å². The molecule has 41 heavy (non-hydrogen) atoms. The third-order valence-corrected chi connectivity index (χ3v) is 10.7. The fraction of sp³-hybridized carbons (Fsp3) is 0.656. The van der Waals surface area contributed by atoms with Crippen LogP contribution in [0, 0.1) is 40.4 Å². The van der Waals surface area contributed by atoms with Crippen LogP contribution in [0.25, 0.3) is 0 Å². The van der Waals surface area contributed by atoms with Crippen LogP contribution in [-0.2, 0) is 11.3 Å². The zero-order chi connectivity index (χ0) is 28.2. The van der Waals surface area contributed by atoms with E-state index < -0.39 is 0 Å². The van der Waals surface area contributed by atoms with Crippen LogP contribution in [0.15, 0.2) is 30.5 Å². The normalized spacial score (nSPS) is 29.4. The molecular formula is C32H44ClN7O. The fourth-order valence-electron chi connectivity index (χ4n) is 8.45. The number of aromatic nitrogens is 2. The summed E-state index contributed by atoms with van der Waals surface area (Å²) in [6, 6.07) is 10.7. The maximum absolute atomic E-state index is 9.74. The fourth-order valence-corrected chi connectivity index (χ4v) is 8.65. The lowest BCUT2D eigenvalue weighted by Gasteiger charge is -2.60. The van der Waals surface area contributed by atoms with Gasteiger partial charge in [0.1, 0.15) is 17.5 Å². The van der Waals surface area contributed by atoms with E-state index in [1.807, 2.05) is 24.3 Å². The molecule has 3 N–H and O–H groups in total. The Morgan fingerprint density at radius 2 is 1.90 bits per heavy atom. The van der Waals surface area contributed by atoms with E-state index in [1.54, 1.807) is 13.3 Å². The number of methoxy groups -OCH3 is 1. The highest BCUT2D eigenvalue weighted by molar-refractivity contribution is 6.31. The van der Waals surface area contributed by atoms with Gasteiger partial charge in [0.25, 0.3) is 0 Å². The Bertz CT molecular complexity index is 1210. The van der Waals surface area contributed by atoms with Gasteiger partial charge in [-0.1, -0.05) is 29.8 Å². The molecule has 5 fully saturated rings. The molecule has 5 atom stereocenters. The number of hydrogen-bond acceptors (Lipinski definition) is 8. The lowest BCUT2D eigenvalue weighted by atomic mass is 9.48. The molecule has 4 bridgehead atoms. The molecule has 4 saturated carbocycles. The van der Waals surface area contributed by atoms with Gasteiger partial charge in [-0.15, -0.1) is 0 Å². The molecule has 1 saturated heterocycles. The molecule has 220 valence electrons. The smallest absolute Gasteiger partial charge is 0.224 e. The summed E-state index contributed by atoms with van der Waals surface area (Å²) in [6.45, 7) is 6.88. The van der Waals surface area contributed by atoms with Gasteiger partial charge in [-0.3, -0.25) is 0 Å². The highest BCUT2D eigenvalue weighted by Gasteiger charge is 2.55. The second kappa shape index (κ2) is 12.8. The standard InChI is InChI=1S/C32H44ClN7O/c1-41-11-10-40-8-6-22(7-9-40)18-35-29-25-12-23-13-26(29)16-32(14-23,15-25)21-38-30-27(17-34)20-37-31(39-30)36-19-24-4-2-3-5-28(24)33/h2-5,20,22-23,25-26,29,35H,6-16,18-19,21H2,1H3,(H2,36,37,38,39)/t23?,25-,26+,29-,32-. The second-order valence-corrected chi connectivity index (χ2v) is 13.5. The predicted octanol–water partition coefficient (Wildman–Crippen LogP) is 5.17. The molecule has 1 aromatic carbocycles. The summed E-state index contributed by atoms with van der Waals surface area (Å²) in [7, 11) is 1.79. The first-order chi connectivity index (χ1) is 20.0. The van der Waals surface area contributed by atoms with Crippen molar-refractivity contribution >= 4 is 23.4 Å². The Kier molecular flexibility index (Phi) is 8.97. The minimum absolute atomic E-state index is 0.296. The number of nitriles is 1. The first kappa shape index (κ1) is 28.7. The van der Waals surface area contributed by atoms with Crippen LogP contribution in [-0.4, -0.2) is 67.4 Å². The number of halogens is 1. The molecule has 0 radical (unpaired) electrons. The van der Waals surface area contributed by atoms with Crippen molar-refractivity contribution < 1.29 is 4.74 Å². The first-order valence-electron chi connectivity index (χ1n) is 15.5. The average Bonchev–Trinajstić information content (AvgIpc) is 2.98. The average molecular weight is 578 g/mol. The van der Waals surface area contributed by atoms with Crippen molar-refractivity contribution in [2.24, 2.45) is 29.1 Å². The highest BCUT2D eigenvalue weighted by atomic mass is 35.5. The molecule has 1 unspecified atom stereocenters. The Hall–Kier alpha value is -2.44. The zero-order valence-corrected chi connectivity index (χ0v) is 25.0. The zero-order valence-electron chi connectivity index (χ0n) is 24.2. The van der Waals surface area contributed by atoms with Crippen molar-refractivity contribution in [1.82, 2.24) is 20.2 Å². The Balaban J connectivity index is 1.04. The molecule has 2 heterocycles. The monoisotopic (exact) mass is 577 g/mol. The van der Waals surface area contributed by atoms with Crippen molar-refractivity contribution in [2.75, 3.05) is 57.1 Å². The van der Waals surface area contributed by atoms with Crippen LogP contribution >= 0.6 is 11.6 Å². The third-order valence-electron chi connectivity index (χ3n) is 10.3. The van der Waals surface area contributed by atoms with Crippen molar-refractivity contribution in [3.63, 3.8) is 0 Å². The van der Waals surface area contributed by atoms with Gasteiger partial charge in [0.15, 0.2) is 0 Å². The summed E-state index contributed by atoms with van der Waals surface area (Å²) in [5, 5.41) is 21.4. The molecule has 2 aromatic rings. The summed E-state index contributed by atoms with van der Waals surface area (Å²) in [4.78, 5) is 11.6. The van der Waals surface area contributed by atoms with Crippen LogP contribution < -0.4 is 16.0 Å². The van der Waals surface area contributed by atoms with Crippen LogP contribution in [0.5, 0.6) is 0 Å². The van der Waals surface area contributed by atoms with E-state index in [9.17, 15) is 5.26 Å². The maximum Gasteiger partial charge on any atom is 0.224 e.